The molecule has 2 unspecified atom stereocenters. The molecule has 2 aromatic rings. The number of rotatable bonds is 4. The zero-order valence-electron chi connectivity index (χ0n) is 10.3. The summed E-state index contributed by atoms with van der Waals surface area (Å²) in [6.45, 7) is 0. The van der Waals surface area contributed by atoms with E-state index in [0.29, 0.717) is 0 Å². The van der Waals surface area contributed by atoms with Crippen LogP contribution in [-0.4, -0.2) is 13.9 Å². The summed E-state index contributed by atoms with van der Waals surface area (Å²) in [5.74, 6) is 0. The van der Waals surface area contributed by atoms with Gasteiger partial charge in [-0.1, -0.05) is 0 Å². The Kier molecular flexibility index (Phi) is 3.64. The summed E-state index contributed by atoms with van der Waals surface area (Å²) < 4.78 is 0. The molecule has 1 saturated heterocycles. The molecule has 0 N–H and O–H groups in total. The quantitative estimate of drug-likeness (QED) is 0.736. The van der Waals surface area contributed by atoms with Crippen molar-refractivity contribution in [3.8, 4) is 0 Å². The molecule has 0 nitrogen and oxygen atoms in total. The molecule has 2 aromatic carbocycles. The third-order valence-corrected chi connectivity index (χ3v) is 7.90. The van der Waals surface area contributed by atoms with Crippen LogP contribution in [0.15, 0.2) is 66.7 Å². The van der Waals surface area contributed by atoms with Crippen molar-refractivity contribution in [1.29, 1.82) is 0 Å². The molecule has 1 aliphatic heterocycles. The Morgan fingerprint density at radius 3 is 2.33 bits per heavy atom. The van der Waals surface area contributed by atoms with E-state index in [9.17, 15) is 0 Å². The van der Waals surface area contributed by atoms with Gasteiger partial charge < -0.3 is 0 Å². The first-order chi connectivity index (χ1) is 8.92. The molecular formula is C17H17Se+. The van der Waals surface area contributed by atoms with Crippen molar-refractivity contribution >= 4 is 20.0 Å². The van der Waals surface area contributed by atoms with Crippen LogP contribution in [0.1, 0.15) is 11.1 Å². The number of hydrogen-bond donors (Lipinski definition) is 0. The zero-order chi connectivity index (χ0) is 12.2. The van der Waals surface area contributed by atoms with Gasteiger partial charge in [-0.3, -0.25) is 0 Å². The number of benzene rings is 2. The predicted octanol–water partition coefficient (Wildman–Crippen LogP) is 4.36. The summed E-state index contributed by atoms with van der Waals surface area (Å²) >= 11 is -0.356. The van der Waals surface area contributed by atoms with Gasteiger partial charge in [0.2, 0.25) is 0 Å². The van der Waals surface area contributed by atoms with E-state index in [1.54, 1.807) is 0 Å². The zero-order valence-corrected chi connectivity index (χ0v) is 12.0. The first kappa shape index (κ1) is 11.8. The van der Waals surface area contributed by atoms with Crippen molar-refractivity contribution in [1.82, 2.24) is 0 Å². The first-order valence-electron chi connectivity index (χ1n) is 6.35. The summed E-state index contributed by atoms with van der Waals surface area (Å²) in [6.07, 6.45) is 4.72. The molecule has 1 fully saturated rings. The van der Waals surface area contributed by atoms with Gasteiger partial charge in [-0.25, -0.2) is 0 Å². The van der Waals surface area contributed by atoms with E-state index in [4.69, 9.17) is 0 Å². The summed E-state index contributed by atoms with van der Waals surface area (Å²) in [5, 5.41) is 2.82. The Morgan fingerprint density at radius 1 is 0.944 bits per heavy atom. The van der Waals surface area contributed by atoms with E-state index in [1.165, 1.54) is 21.8 Å². The Hall–Kier alpha value is -1.30. The molecule has 1 heterocycles. The maximum atomic E-state index is 2.43. The van der Waals surface area contributed by atoms with Gasteiger partial charge in [0.1, 0.15) is 0 Å². The van der Waals surface area contributed by atoms with Gasteiger partial charge in [-0.15, -0.1) is 0 Å². The third kappa shape index (κ3) is 3.13. The van der Waals surface area contributed by atoms with Crippen LogP contribution < -0.4 is 0 Å². The van der Waals surface area contributed by atoms with Crippen molar-refractivity contribution in [3.05, 3.63) is 77.9 Å². The van der Waals surface area contributed by atoms with Crippen LogP contribution in [-0.2, 0) is 5.32 Å². The minimum absolute atomic E-state index is 0.356. The SMILES string of the molecule is C(=C\C1C[Se+]1Cc1ccccc1)/c1ccccc1. The molecule has 0 radical (unpaired) electrons. The third-order valence-electron chi connectivity index (χ3n) is 3.19. The molecule has 1 aliphatic rings. The molecular weight excluding hydrogens is 283 g/mol. The van der Waals surface area contributed by atoms with Gasteiger partial charge in [0.15, 0.2) is 0 Å². The standard InChI is InChI=1S/C17H17Se/c1-3-7-15(8-4-1)11-12-17-14-18(17)13-16-9-5-2-6-10-16/h1-12,17H,13-14H2/q+1/b12-11+. The van der Waals surface area contributed by atoms with Gasteiger partial charge in [-0.05, 0) is 0 Å². The van der Waals surface area contributed by atoms with Crippen LogP contribution in [0.3, 0.4) is 0 Å². The van der Waals surface area contributed by atoms with Gasteiger partial charge in [0, 0.05) is 0 Å². The van der Waals surface area contributed by atoms with Crippen LogP contribution in [0, 0.1) is 0 Å². The van der Waals surface area contributed by atoms with Crippen molar-refractivity contribution in [2.24, 2.45) is 0 Å². The Morgan fingerprint density at radius 2 is 1.61 bits per heavy atom. The molecule has 0 amide bonds. The number of hydrogen-bond acceptors (Lipinski definition) is 0. The van der Waals surface area contributed by atoms with E-state index in [1.807, 2.05) is 0 Å². The van der Waals surface area contributed by atoms with Crippen molar-refractivity contribution in [3.63, 3.8) is 0 Å². The van der Waals surface area contributed by atoms with Crippen molar-refractivity contribution < 1.29 is 0 Å². The molecule has 3 rings (SSSR count). The number of allylic oxidation sites excluding steroid dienone is 1. The fraction of sp³-hybridized carbons (Fsp3) is 0.176. The monoisotopic (exact) mass is 301 g/mol. The maximum absolute atomic E-state index is 2.43. The molecule has 0 saturated carbocycles. The Labute approximate surface area is 113 Å². The topological polar surface area (TPSA) is 0 Å². The van der Waals surface area contributed by atoms with Crippen LogP contribution >= 0.6 is 0 Å². The molecule has 0 bridgehead atoms. The predicted molar refractivity (Wildman–Crippen MR) is 79.9 cm³/mol. The van der Waals surface area contributed by atoms with Crippen LogP contribution in [0.4, 0.5) is 0 Å². The second-order valence-electron chi connectivity index (χ2n) is 4.64. The molecule has 18 heavy (non-hydrogen) atoms. The van der Waals surface area contributed by atoms with Gasteiger partial charge in [0.25, 0.3) is 0 Å². The summed E-state index contributed by atoms with van der Waals surface area (Å²) in [4.78, 5) is 0.908. The molecule has 2 atom stereocenters. The van der Waals surface area contributed by atoms with Crippen LogP contribution in [0.2, 0.25) is 10.1 Å². The average molecular weight is 300 g/mol. The Bertz CT molecular complexity index is 516. The van der Waals surface area contributed by atoms with Gasteiger partial charge in [0.05, 0.1) is 0 Å². The van der Waals surface area contributed by atoms with E-state index in [2.05, 4.69) is 72.8 Å². The molecule has 0 aliphatic carbocycles. The molecule has 0 aromatic heterocycles. The van der Waals surface area contributed by atoms with Gasteiger partial charge >= 0.3 is 113 Å². The van der Waals surface area contributed by atoms with Crippen LogP contribution in [0.25, 0.3) is 6.08 Å². The van der Waals surface area contributed by atoms with Gasteiger partial charge in [-0.2, -0.15) is 0 Å². The normalized spacial score (nSPS) is 22.2. The second kappa shape index (κ2) is 5.56. The van der Waals surface area contributed by atoms with E-state index in [0.717, 1.165) is 4.82 Å². The fourth-order valence-corrected chi connectivity index (χ4v) is 6.71. The molecule has 90 valence electrons. The minimum atomic E-state index is -0.356. The first-order valence-corrected chi connectivity index (χ1v) is 9.76. The summed E-state index contributed by atoms with van der Waals surface area (Å²) in [7, 11) is 0. The molecule has 0 spiro atoms. The summed E-state index contributed by atoms with van der Waals surface area (Å²) in [5.41, 5.74) is 2.85. The average Bonchev–Trinajstić information content (AvgIpc) is 3.17. The van der Waals surface area contributed by atoms with Crippen LogP contribution in [0.5, 0.6) is 0 Å². The van der Waals surface area contributed by atoms with Crippen molar-refractivity contribution in [2.45, 2.75) is 15.5 Å². The fourth-order valence-electron chi connectivity index (χ4n) is 2.08. The molecule has 1 heteroatoms. The van der Waals surface area contributed by atoms with Crippen molar-refractivity contribution in [2.75, 3.05) is 0 Å². The summed E-state index contributed by atoms with van der Waals surface area (Å²) in [6, 6.07) is 21.5. The second-order valence-corrected chi connectivity index (χ2v) is 9.47. The van der Waals surface area contributed by atoms with E-state index in [-0.39, 0.29) is 13.9 Å². The van der Waals surface area contributed by atoms with E-state index >= 15 is 0 Å². The Balaban J connectivity index is 1.54. The van der Waals surface area contributed by atoms with E-state index < -0.39 is 0 Å².